The zero-order valence-corrected chi connectivity index (χ0v) is 23.1. The number of aryl methyl sites for hydroxylation is 4. The highest BCUT2D eigenvalue weighted by atomic mass is 32.2. The van der Waals surface area contributed by atoms with E-state index in [0.717, 1.165) is 52.3 Å². The number of ketones is 1. The third kappa shape index (κ3) is 6.84. The van der Waals surface area contributed by atoms with Crippen molar-refractivity contribution in [3.05, 3.63) is 64.0 Å². The number of hydrogen-bond acceptors (Lipinski definition) is 5. The number of aromatic nitrogens is 1. The molecule has 1 aliphatic rings. The molecule has 1 aromatic carbocycles. The number of rotatable bonds is 8. The number of ether oxygens (including phenoxy) is 1. The Morgan fingerprint density at radius 2 is 1.71 bits per heavy atom. The van der Waals surface area contributed by atoms with Gasteiger partial charge in [0.2, 0.25) is 0 Å². The number of Topliss-reactive ketones (excluding diaryl/α,β-unsaturated/α-hetero) is 1. The number of allylic oxidation sites excluding steroid dienone is 2. The van der Waals surface area contributed by atoms with Gasteiger partial charge in [-0.1, -0.05) is 37.6 Å². The Hall–Kier alpha value is -2.40. The van der Waals surface area contributed by atoms with Crippen molar-refractivity contribution in [2.45, 2.75) is 85.6 Å². The van der Waals surface area contributed by atoms with Crippen LogP contribution in [0, 0.1) is 25.2 Å². The first-order chi connectivity index (χ1) is 16.5. The zero-order chi connectivity index (χ0) is 25.8. The van der Waals surface area contributed by atoms with Crippen LogP contribution in [-0.2, 0) is 27.2 Å². The van der Waals surface area contributed by atoms with Gasteiger partial charge in [-0.25, -0.2) is 4.98 Å². The molecule has 1 unspecified atom stereocenters. The Labute approximate surface area is 215 Å². The Bertz CT molecular complexity index is 1080. The van der Waals surface area contributed by atoms with Crippen molar-refractivity contribution in [2.75, 3.05) is 5.75 Å². The van der Waals surface area contributed by atoms with Gasteiger partial charge in [-0.15, -0.1) is 11.8 Å². The lowest BCUT2D eigenvalue weighted by molar-refractivity contribution is -0.148. The number of thioether (sulfide) groups is 1. The van der Waals surface area contributed by atoms with Crippen LogP contribution in [0.1, 0.15) is 81.7 Å². The van der Waals surface area contributed by atoms with Crippen molar-refractivity contribution in [3.63, 3.8) is 0 Å². The van der Waals surface area contributed by atoms with E-state index in [1.165, 1.54) is 5.56 Å². The molecule has 35 heavy (non-hydrogen) atoms. The van der Waals surface area contributed by atoms with Gasteiger partial charge in [0.25, 0.3) is 0 Å². The van der Waals surface area contributed by atoms with Crippen LogP contribution in [-0.4, -0.2) is 22.5 Å². The molecule has 188 valence electrons. The average Bonchev–Trinajstić information content (AvgIpc) is 2.79. The Balaban J connectivity index is 1.94. The molecule has 0 spiro atoms. The van der Waals surface area contributed by atoms with Gasteiger partial charge in [0.1, 0.15) is 5.76 Å². The molecular formula is C30H39NO3S. The number of carbonyl (C=O) groups is 2. The number of benzene rings is 1. The first-order valence-electron chi connectivity index (χ1n) is 12.7. The topological polar surface area (TPSA) is 56.3 Å². The van der Waals surface area contributed by atoms with Crippen LogP contribution < -0.4 is 0 Å². The maximum Gasteiger partial charge on any atom is 0.316 e. The maximum absolute atomic E-state index is 13.7. The lowest BCUT2D eigenvalue weighted by atomic mass is 9.79. The van der Waals surface area contributed by atoms with E-state index in [4.69, 9.17) is 4.74 Å². The highest BCUT2D eigenvalue weighted by Crippen LogP contribution is 2.40. The smallest absolute Gasteiger partial charge is 0.316 e. The molecule has 1 aromatic heterocycles. The van der Waals surface area contributed by atoms with Crippen molar-refractivity contribution in [3.8, 4) is 0 Å². The van der Waals surface area contributed by atoms with Gasteiger partial charge in [0.15, 0.2) is 5.78 Å². The Morgan fingerprint density at radius 1 is 1.06 bits per heavy atom. The van der Waals surface area contributed by atoms with Crippen LogP contribution in [0.2, 0.25) is 0 Å². The van der Waals surface area contributed by atoms with Gasteiger partial charge < -0.3 is 4.74 Å². The summed E-state index contributed by atoms with van der Waals surface area (Å²) in [4.78, 5) is 31.1. The highest BCUT2D eigenvalue weighted by Gasteiger charge is 2.34. The Kier molecular flexibility index (Phi) is 8.98. The monoisotopic (exact) mass is 493 g/mol. The van der Waals surface area contributed by atoms with E-state index in [1.54, 1.807) is 11.8 Å². The van der Waals surface area contributed by atoms with E-state index in [0.29, 0.717) is 24.2 Å². The fraction of sp³-hybridized carbons (Fsp3) is 0.500. The summed E-state index contributed by atoms with van der Waals surface area (Å²) in [6.45, 7) is 13.9. The predicted octanol–water partition coefficient (Wildman–Crippen LogP) is 7.29. The number of carbonyl (C=O) groups excluding carboxylic acids is 2. The van der Waals surface area contributed by atoms with E-state index in [9.17, 15) is 9.59 Å². The molecule has 0 saturated carbocycles. The number of hydrogen-bond donors (Lipinski definition) is 0. The fourth-order valence-corrected chi connectivity index (χ4v) is 5.44. The van der Waals surface area contributed by atoms with Crippen molar-refractivity contribution in [1.82, 2.24) is 4.98 Å². The summed E-state index contributed by atoms with van der Waals surface area (Å²) in [5, 5.41) is 0.994. The molecule has 0 aliphatic heterocycles. The normalized spacial score (nSPS) is 16.5. The minimum Gasteiger partial charge on any atom is -0.430 e. The van der Waals surface area contributed by atoms with Crippen LogP contribution in [0.3, 0.4) is 0 Å². The van der Waals surface area contributed by atoms with E-state index < -0.39 is 5.41 Å². The maximum atomic E-state index is 13.7. The largest absolute Gasteiger partial charge is 0.430 e. The van der Waals surface area contributed by atoms with Gasteiger partial charge in [0, 0.05) is 19.0 Å². The van der Waals surface area contributed by atoms with Gasteiger partial charge in [-0.2, -0.15) is 0 Å². The second-order valence-electron chi connectivity index (χ2n) is 10.6. The quantitative estimate of drug-likeness (QED) is 0.285. The van der Waals surface area contributed by atoms with Crippen LogP contribution in [0.4, 0.5) is 0 Å². The standard InChI is InChI=1S/C30H39NO3S/c1-8-22-14-20(4)15-23(9-2)27(22)28-24(32)16-21(17-25(28)34-29(33)30(5,6)7)12-13-35-26-11-10-19(3)18-31-26/h10-11,14-15,18,21H,8-9,12-13,16-17H2,1-7H3. The minimum absolute atomic E-state index is 0.0877. The Morgan fingerprint density at radius 3 is 2.26 bits per heavy atom. The summed E-state index contributed by atoms with van der Waals surface area (Å²) in [6.07, 6.45) is 5.48. The molecule has 1 heterocycles. The second-order valence-corrected chi connectivity index (χ2v) is 11.7. The van der Waals surface area contributed by atoms with E-state index >= 15 is 0 Å². The summed E-state index contributed by atoms with van der Waals surface area (Å²) in [6, 6.07) is 8.43. The van der Waals surface area contributed by atoms with E-state index in [2.05, 4.69) is 44.0 Å². The molecule has 0 fully saturated rings. The fourth-order valence-electron chi connectivity index (χ4n) is 4.49. The van der Waals surface area contributed by atoms with Crippen LogP contribution in [0.15, 0.2) is 41.2 Å². The van der Waals surface area contributed by atoms with Crippen molar-refractivity contribution >= 4 is 29.1 Å². The molecular weight excluding hydrogens is 454 g/mol. The number of pyridine rings is 1. The summed E-state index contributed by atoms with van der Waals surface area (Å²) in [5.41, 5.74) is 5.60. The van der Waals surface area contributed by atoms with Crippen LogP contribution in [0.5, 0.6) is 0 Å². The summed E-state index contributed by atoms with van der Waals surface area (Å²) in [5.74, 6) is 1.37. The highest BCUT2D eigenvalue weighted by molar-refractivity contribution is 7.99. The lowest BCUT2D eigenvalue weighted by Crippen LogP contribution is -2.27. The molecule has 0 N–H and O–H groups in total. The predicted molar refractivity (Wildman–Crippen MR) is 144 cm³/mol. The van der Waals surface area contributed by atoms with Crippen molar-refractivity contribution in [1.29, 1.82) is 0 Å². The first-order valence-corrected chi connectivity index (χ1v) is 13.7. The van der Waals surface area contributed by atoms with E-state index in [1.807, 2.05) is 40.0 Å². The molecule has 0 radical (unpaired) electrons. The van der Waals surface area contributed by atoms with Gasteiger partial charge in [-0.05, 0) is 93.9 Å². The van der Waals surface area contributed by atoms with Crippen LogP contribution in [0.25, 0.3) is 5.57 Å². The van der Waals surface area contributed by atoms with Gasteiger partial charge in [-0.3, -0.25) is 9.59 Å². The SMILES string of the molecule is CCc1cc(C)cc(CC)c1C1=C(OC(=O)C(C)(C)C)CC(CCSc2ccc(C)cn2)CC1=O. The molecule has 2 aromatic rings. The van der Waals surface area contributed by atoms with Crippen molar-refractivity contribution < 1.29 is 14.3 Å². The average molecular weight is 494 g/mol. The third-order valence-electron chi connectivity index (χ3n) is 6.45. The molecule has 3 rings (SSSR count). The molecule has 5 heteroatoms. The van der Waals surface area contributed by atoms with E-state index in [-0.39, 0.29) is 17.7 Å². The zero-order valence-electron chi connectivity index (χ0n) is 22.3. The molecule has 0 amide bonds. The first kappa shape index (κ1) is 27.2. The molecule has 0 saturated heterocycles. The van der Waals surface area contributed by atoms with Gasteiger partial charge in [0.05, 0.1) is 16.0 Å². The number of nitrogens with zero attached hydrogens (tertiary/aromatic N) is 1. The molecule has 1 atom stereocenters. The molecule has 4 nitrogen and oxygen atoms in total. The number of esters is 1. The second kappa shape index (κ2) is 11.6. The molecule has 0 bridgehead atoms. The van der Waals surface area contributed by atoms with Crippen LogP contribution >= 0.6 is 11.8 Å². The lowest BCUT2D eigenvalue weighted by Gasteiger charge is -2.29. The van der Waals surface area contributed by atoms with Gasteiger partial charge >= 0.3 is 5.97 Å². The molecule has 1 aliphatic carbocycles. The minimum atomic E-state index is -0.643. The van der Waals surface area contributed by atoms with Crippen molar-refractivity contribution in [2.24, 2.45) is 11.3 Å². The summed E-state index contributed by atoms with van der Waals surface area (Å²) >= 11 is 1.71. The third-order valence-corrected chi connectivity index (χ3v) is 7.43. The summed E-state index contributed by atoms with van der Waals surface area (Å²) in [7, 11) is 0. The summed E-state index contributed by atoms with van der Waals surface area (Å²) < 4.78 is 6.03.